The first-order valence-electron chi connectivity index (χ1n) is 6.63. The van der Waals surface area contributed by atoms with E-state index >= 15 is 0 Å². The molecular formula is C13H23N3O2. The SMILES string of the molecule is CCOCc1nc(C2CCOC(C)(C)C2)n(C)n1. The normalized spacial score (nSPS) is 23.2. The molecule has 0 N–H and O–H groups in total. The van der Waals surface area contributed by atoms with Gasteiger partial charge in [-0.05, 0) is 33.6 Å². The van der Waals surface area contributed by atoms with Crippen molar-refractivity contribution < 1.29 is 9.47 Å². The van der Waals surface area contributed by atoms with Gasteiger partial charge in [0.15, 0.2) is 5.82 Å². The van der Waals surface area contributed by atoms with Crippen LogP contribution in [0.5, 0.6) is 0 Å². The lowest BCUT2D eigenvalue weighted by molar-refractivity contribution is -0.0606. The lowest BCUT2D eigenvalue weighted by Gasteiger charge is -2.34. The summed E-state index contributed by atoms with van der Waals surface area (Å²) in [5, 5.41) is 4.41. The van der Waals surface area contributed by atoms with Gasteiger partial charge in [0, 0.05) is 26.2 Å². The molecule has 1 fully saturated rings. The summed E-state index contributed by atoms with van der Waals surface area (Å²) < 4.78 is 13.0. The highest BCUT2D eigenvalue weighted by molar-refractivity contribution is 5.03. The van der Waals surface area contributed by atoms with E-state index in [-0.39, 0.29) is 5.60 Å². The quantitative estimate of drug-likeness (QED) is 0.823. The highest BCUT2D eigenvalue weighted by atomic mass is 16.5. The van der Waals surface area contributed by atoms with Gasteiger partial charge in [0.25, 0.3) is 0 Å². The minimum Gasteiger partial charge on any atom is -0.376 e. The topological polar surface area (TPSA) is 49.2 Å². The molecule has 1 unspecified atom stereocenters. The molecule has 0 radical (unpaired) electrons. The molecule has 2 heterocycles. The van der Waals surface area contributed by atoms with Crippen molar-refractivity contribution in [3.63, 3.8) is 0 Å². The number of hydrogen-bond donors (Lipinski definition) is 0. The minimum atomic E-state index is -0.0606. The van der Waals surface area contributed by atoms with E-state index in [1.165, 1.54) is 0 Å². The van der Waals surface area contributed by atoms with Crippen molar-refractivity contribution in [1.82, 2.24) is 14.8 Å². The van der Waals surface area contributed by atoms with Gasteiger partial charge >= 0.3 is 0 Å². The van der Waals surface area contributed by atoms with Crippen LogP contribution in [0.25, 0.3) is 0 Å². The van der Waals surface area contributed by atoms with Crippen molar-refractivity contribution >= 4 is 0 Å². The van der Waals surface area contributed by atoms with Crippen LogP contribution in [-0.4, -0.2) is 33.6 Å². The molecule has 5 nitrogen and oxygen atoms in total. The zero-order valence-corrected chi connectivity index (χ0v) is 11.8. The molecule has 0 aliphatic carbocycles. The molecule has 5 heteroatoms. The van der Waals surface area contributed by atoms with Gasteiger partial charge < -0.3 is 9.47 Å². The predicted octanol–water partition coefficient (Wildman–Crippen LogP) is 2.02. The average Bonchev–Trinajstić information content (AvgIpc) is 2.66. The molecule has 102 valence electrons. The van der Waals surface area contributed by atoms with E-state index in [1.807, 2.05) is 18.7 Å². The summed E-state index contributed by atoms with van der Waals surface area (Å²) in [6.45, 7) is 8.23. The summed E-state index contributed by atoms with van der Waals surface area (Å²) >= 11 is 0. The van der Waals surface area contributed by atoms with Crippen LogP contribution in [0, 0.1) is 0 Å². The third-order valence-electron chi connectivity index (χ3n) is 3.34. The molecule has 1 aromatic heterocycles. The van der Waals surface area contributed by atoms with Gasteiger partial charge in [-0.25, -0.2) is 4.98 Å². The van der Waals surface area contributed by atoms with E-state index in [1.54, 1.807) is 0 Å². The molecule has 18 heavy (non-hydrogen) atoms. The summed E-state index contributed by atoms with van der Waals surface area (Å²) in [6.07, 6.45) is 2.01. The second-order valence-electron chi connectivity index (χ2n) is 5.44. The van der Waals surface area contributed by atoms with E-state index < -0.39 is 0 Å². The Kier molecular flexibility index (Phi) is 4.02. The number of hydrogen-bond acceptors (Lipinski definition) is 4. The molecular weight excluding hydrogens is 230 g/mol. The van der Waals surface area contributed by atoms with E-state index in [0.29, 0.717) is 19.1 Å². The average molecular weight is 253 g/mol. The number of ether oxygens (including phenoxy) is 2. The van der Waals surface area contributed by atoms with Crippen LogP contribution >= 0.6 is 0 Å². The number of nitrogens with zero attached hydrogens (tertiary/aromatic N) is 3. The first-order valence-corrected chi connectivity index (χ1v) is 6.63. The fourth-order valence-electron chi connectivity index (χ4n) is 2.51. The molecule has 1 aromatic rings. The minimum absolute atomic E-state index is 0.0606. The zero-order valence-electron chi connectivity index (χ0n) is 11.8. The number of rotatable bonds is 4. The van der Waals surface area contributed by atoms with Crippen molar-refractivity contribution in [2.24, 2.45) is 7.05 Å². The summed E-state index contributed by atoms with van der Waals surface area (Å²) in [6, 6.07) is 0. The van der Waals surface area contributed by atoms with E-state index in [9.17, 15) is 0 Å². The van der Waals surface area contributed by atoms with E-state index in [0.717, 1.165) is 31.1 Å². The van der Waals surface area contributed by atoms with Crippen molar-refractivity contribution in [3.8, 4) is 0 Å². The largest absolute Gasteiger partial charge is 0.376 e. The van der Waals surface area contributed by atoms with Crippen LogP contribution in [0.4, 0.5) is 0 Å². The van der Waals surface area contributed by atoms with Crippen molar-refractivity contribution in [1.29, 1.82) is 0 Å². The third-order valence-corrected chi connectivity index (χ3v) is 3.34. The molecule has 2 rings (SSSR count). The van der Waals surface area contributed by atoms with Crippen molar-refractivity contribution in [2.45, 2.75) is 51.7 Å². The summed E-state index contributed by atoms with van der Waals surface area (Å²) in [7, 11) is 1.96. The Balaban J connectivity index is 2.10. The lowest BCUT2D eigenvalue weighted by Crippen LogP contribution is -2.33. The van der Waals surface area contributed by atoms with Crippen LogP contribution in [-0.2, 0) is 23.1 Å². The van der Waals surface area contributed by atoms with Gasteiger partial charge in [-0.3, -0.25) is 4.68 Å². The van der Waals surface area contributed by atoms with Crippen LogP contribution < -0.4 is 0 Å². The first kappa shape index (κ1) is 13.5. The molecule has 1 aliphatic rings. The van der Waals surface area contributed by atoms with E-state index in [2.05, 4.69) is 23.9 Å². The fraction of sp³-hybridized carbons (Fsp3) is 0.846. The molecule has 1 atom stereocenters. The highest BCUT2D eigenvalue weighted by Crippen LogP contribution is 2.34. The third kappa shape index (κ3) is 3.09. The van der Waals surface area contributed by atoms with Crippen molar-refractivity contribution in [2.75, 3.05) is 13.2 Å². The second kappa shape index (κ2) is 5.36. The Labute approximate surface area is 108 Å². The smallest absolute Gasteiger partial charge is 0.176 e. The van der Waals surface area contributed by atoms with Gasteiger partial charge in [0.1, 0.15) is 12.4 Å². The maximum atomic E-state index is 5.75. The molecule has 0 saturated carbocycles. The Morgan fingerprint density at radius 1 is 1.50 bits per heavy atom. The predicted molar refractivity (Wildman–Crippen MR) is 68.3 cm³/mol. The van der Waals surface area contributed by atoms with Gasteiger partial charge in [0.05, 0.1) is 5.60 Å². The van der Waals surface area contributed by atoms with Crippen LogP contribution in [0.3, 0.4) is 0 Å². The standard InChI is InChI=1S/C13H23N3O2/c1-5-17-9-11-14-12(16(4)15-11)10-6-7-18-13(2,3)8-10/h10H,5-9H2,1-4H3. The van der Waals surface area contributed by atoms with Crippen molar-refractivity contribution in [3.05, 3.63) is 11.6 Å². The molecule has 1 aliphatic heterocycles. The Morgan fingerprint density at radius 3 is 2.94 bits per heavy atom. The number of aryl methyl sites for hydroxylation is 1. The summed E-state index contributed by atoms with van der Waals surface area (Å²) in [5.41, 5.74) is -0.0606. The Bertz CT molecular complexity index is 401. The molecule has 0 spiro atoms. The monoisotopic (exact) mass is 253 g/mol. The van der Waals surface area contributed by atoms with Gasteiger partial charge in [0.2, 0.25) is 0 Å². The second-order valence-corrected chi connectivity index (χ2v) is 5.44. The van der Waals surface area contributed by atoms with Gasteiger partial charge in [-0.15, -0.1) is 0 Å². The van der Waals surface area contributed by atoms with Gasteiger partial charge in [-0.1, -0.05) is 0 Å². The van der Waals surface area contributed by atoms with E-state index in [4.69, 9.17) is 9.47 Å². The molecule has 0 bridgehead atoms. The Hall–Kier alpha value is -0.940. The highest BCUT2D eigenvalue weighted by Gasteiger charge is 2.32. The summed E-state index contributed by atoms with van der Waals surface area (Å²) in [5.74, 6) is 2.27. The van der Waals surface area contributed by atoms with Crippen LogP contribution in [0.2, 0.25) is 0 Å². The molecule has 0 amide bonds. The zero-order chi connectivity index (χ0) is 13.2. The fourth-order valence-corrected chi connectivity index (χ4v) is 2.51. The van der Waals surface area contributed by atoms with Crippen LogP contribution in [0.15, 0.2) is 0 Å². The molecule has 1 saturated heterocycles. The van der Waals surface area contributed by atoms with Gasteiger partial charge in [-0.2, -0.15) is 5.10 Å². The maximum absolute atomic E-state index is 5.75. The Morgan fingerprint density at radius 2 is 2.28 bits per heavy atom. The summed E-state index contributed by atoms with van der Waals surface area (Å²) in [4.78, 5) is 4.61. The number of aromatic nitrogens is 3. The molecule has 0 aromatic carbocycles. The van der Waals surface area contributed by atoms with Crippen LogP contribution in [0.1, 0.15) is 51.2 Å². The first-order chi connectivity index (χ1) is 8.52. The lowest BCUT2D eigenvalue weighted by atomic mass is 9.88. The maximum Gasteiger partial charge on any atom is 0.176 e.